The maximum absolute atomic E-state index is 12.3. The number of aryl methyl sites for hydroxylation is 4. The van der Waals surface area contributed by atoms with E-state index in [2.05, 4.69) is 36.5 Å². The highest BCUT2D eigenvalue weighted by atomic mass is 16.3. The van der Waals surface area contributed by atoms with Gasteiger partial charge in [-0.1, -0.05) is 11.6 Å². The van der Waals surface area contributed by atoms with E-state index in [0.717, 1.165) is 30.7 Å². The van der Waals surface area contributed by atoms with Crippen LogP contribution in [0.3, 0.4) is 0 Å². The second-order valence-corrected chi connectivity index (χ2v) is 6.29. The van der Waals surface area contributed by atoms with Crippen LogP contribution in [0, 0.1) is 27.7 Å². The van der Waals surface area contributed by atoms with E-state index in [-0.39, 0.29) is 5.91 Å². The third-order valence-electron chi connectivity index (χ3n) is 4.35. The molecule has 1 aliphatic carbocycles. The predicted octanol–water partition coefficient (Wildman–Crippen LogP) is 3.98. The van der Waals surface area contributed by atoms with Crippen LogP contribution in [-0.2, 0) is 6.42 Å². The number of nitrogens with zero attached hydrogens (tertiary/aromatic N) is 1. The van der Waals surface area contributed by atoms with Gasteiger partial charge in [-0.25, -0.2) is 5.43 Å². The van der Waals surface area contributed by atoms with Gasteiger partial charge in [0.2, 0.25) is 0 Å². The Kier molecular flexibility index (Phi) is 4.07. The lowest BCUT2D eigenvalue weighted by molar-refractivity contribution is 0.0953. The highest BCUT2D eigenvalue weighted by Crippen LogP contribution is 2.26. The molecule has 0 spiro atoms. The van der Waals surface area contributed by atoms with E-state index in [1.54, 1.807) is 13.0 Å². The molecule has 1 aliphatic rings. The first-order chi connectivity index (χ1) is 11.0. The van der Waals surface area contributed by atoms with Crippen molar-refractivity contribution in [2.75, 3.05) is 0 Å². The minimum atomic E-state index is -0.219. The molecule has 1 heterocycles. The Balaban J connectivity index is 1.88. The van der Waals surface area contributed by atoms with Crippen LogP contribution in [0.15, 0.2) is 27.7 Å². The minimum absolute atomic E-state index is 0.219. The van der Waals surface area contributed by atoms with Crippen LogP contribution in [-0.4, -0.2) is 11.6 Å². The van der Waals surface area contributed by atoms with E-state index in [0.29, 0.717) is 11.3 Å². The number of hydrogen-bond donors (Lipinski definition) is 1. The van der Waals surface area contributed by atoms with E-state index in [4.69, 9.17) is 4.42 Å². The molecule has 0 bridgehead atoms. The SMILES string of the molecule is Cc1cc(C)c2c(c1)/C(=N\NC(=O)c1cc(C)oc1C)CCC2. The van der Waals surface area contributed by atoms with Crippen molar-refractivity contribution in [3.05, 3.63) is 57.5 Å². The number of nitrogens with one attached hydrogen (secondary N) is 1. The van der Waals surface area contributed by atoms with Gasteiger partial charge in [0.15, 0.2) is 0 Å². The first-order valence-corrected chi connectivity index (χ1v) is 8.00. The Bertz CT molecular complexity index is 800. The predicted molar refractivity (Wildman–Crippen MR) is 91.0 cm³/mol. The van der Waals surface area contributed by atoms with Crippen LogP contribution in [0.25, 0.3) is 0 Å². The molecule has 23 heavy (non-hydrogen) atoms. The summed E-state index contributed by atoms with van der Waals surface area (Å²) in [4.78, 5) is 12.3. The van der Waals surface area contributed by atoms with Crippen molar-refractivity contribution in [2.24, 2.45) is 5.10 Å². The Labute approximate surface area is 136 Å². The molecule has 1 amide bonds. The molecule has 1 aromatic heterocycles. The van der Waals surface area contributed by atoms with Gasteiger partial charge in [0.1, 0.15) is 11.5 Å². The van der Waals surface area contributed by atoms with Crippen molar-refractivity contribution in [3.8, 4) is 0 Å². The highest BCUT2D eigenvalue weighted by Gasteiger charge is 2.19. The second-order valence-electron chi connectivity index (χ2n) is 6.29. The number of fused-ring (bicyclic) bond motifs is 1. The molecule has 4 heteroatoms. The maximum Gasteiger partial charge on any atom is 0.274 e. The molecular formula is C19H22N2O2. The summed E-state index contributed by atoms with van der Waals surface area (Å²) in [5, 5.41) is 4.41. The molecule has 0 saturated heterocycles. The Morgan fingerprint density at radius 2 is 1.91 bits per heavy atom. The van der Waals surface area contributed by atoms with Crippen LogP contribution in [0.1, 0.15) is 57.0 Å². The number of amides is 1. The number of hydrazone groups is 1. The van der Waals surface area contributed by atoms with E-state index in [1.165, 1.54) is 22.3 Å². The van der Waals surface area contributed by atoms with Crippen molar-refractivity contribution in [1.29, 1.82) is 0 Å². The quantitative estimate of drug-likeness (QED) is 0.853. The largest absolute Gasteiger partial charge is 0.466 e. The molecule has 120 valence electrons. The fourth-order valence-corrected chi connectivity index (χ4v) is 3.30. The zero-order valence-corrected chi connectivity index (χ0v) is 14.1. The molecule has 3 rings (SSSR count). The number of carbonyl (C=O) groups is 1. The van der Waals surface area contributed by atoms with Crippen molar-refractivity contribution >= 4 is 11.6 Å². The van der Waals surface area contributed by atoms with Crippen LogP contribution < -0.4 is 5.43 Å². The molecular weight excluding hydrogens is 288 g/mol. The molecule has 1 N–H and O–H groups in total. The minimum Gasteiger partial charge on any atom is -0.466 e. The average Bonchev–Trinajstić information content (AvgIpc) is 2.83. The summed E-state index contributed by atoms with van der Waals surface area (Å²) in [7, 11) is 0. The second kappa shape index (κ2) is 6.03. The molecule has 1 aromatic carbocycles. The highest BCUT2D eigenvalue weighted by molar-refractivity contribution is 6.04. The van der Waals surface area contributed by atoms with Crippen molar-refractivity contribution in [2.45, 2.75) is 47.0 Å². The summed E-state index contributed by atoms with van der Waals surface area (Å²) < 4.78 is 5.41. The van der Waals surface area contributed by atoms with Gasteiger partial charge in [0.25, 0.3) is 5.91 Å². The molecule has 0 aliphatic heterocycles. The zero-order chi connectivity index (χ0) is 16.6. The van der Waals surface area contributed by atoms with Gasteiger partial charge in [0, 0.05) is 5.56 Å². The molecule has 4 nitrogen and oxygen atoms in total. The van der Waals surface area contributed by atoms with Gasteiger partial charge in [-0.05, 0) is 70.2 Å². The van der Waals surface area contributed by atoms with E-state index in [9.17, 15) is 4.79 Å². The third-order valence-corrected chi connectivity index (χ3v) is 4.35. The van der Waals surface area contributed by atoms with Gasteiger partial charge in [-0.3, -0.25) is 4.79 Å². The monoisotopic (exact) mass is 310 g/mol. The standard InChI is InChI=1S/C19H22N2O2/c1-11-8-12(2)15-6-5-7-18(17(15)9-11)20-21-19(22)16-10-13(3)23-14(16)4/h8-10H,5-7H2,1-4H3,(H,21,22)/b20-18-. The summed E-state index contributed by atoms with van der Waals surface area (Å²) in [6, 6.07) is 6.12. The Morgan fingerprint density at radius 3 is 2.61 bits per heavy atom. The number of carbonyl (C=O) groups excluding carboxylic acids is 1. The van der Waals surface area contributed by atoms with E-state index >= 15 is 0 Å². The van der Waals surface area contributed by atoms with E-state index < -0.39 is 0 Å². The van der Waals surface area contributed by atoms with Gasteiger partial charge in [-0.15, -0.1) is 0 Å². The lowest BCUT2D eigenvalue weighted by Crippen LogP contribution is -2.22. The Morgan fingerprint density at radius 1 is 1.13 bits per heavy atom. The molecule has 0 atom stereocenters. The average molecular weight is 310 g/mol. The van der Waals surface area contributed by atoms with Crippen LogP contribution in [0.2, 0.25) is 0 Å². The maximum atomic E-state index is 12.3. The molecule has 0 fully saturated rings. The fourth-order valence-electron chi connectivity index (χ4n) is 3.30. The first kappa shape index (κ1) is 15.5. The molecule has 0 saturated carbocycles. The lowest BCUT2D eigenvalue weighted by Gasteiger charge is -2.20. The Hall–Kier alpha value is -2.36. The number of benzene rings is 1. The summed E-state index contributed by atoms with van der Waals surface area (Å²) in [6.45, 7) is 7.86. The van der Waals surface area contributed by atoms with Gasteiger partial charge >= 0.3 is 0 Å². The lowest BCUT2D eigenvalue weighted by atomic mass is 9.86. The topological polar surface area (TPSA) is 54.6 Å². The normalized spacial score (nSPS) is 15.6. The summed E-state index contributed by atoms with van der Waals surface area (Å²) in [6.07, 6.45) is 3.03. The summed E-state index contributed by atoms with van der Waals surface area (Å²) in [5.41, 5.74) is 9.26. The number of rotatable bonds is 2. The molecule has 2 aromatic rings. The molecule has 0 radical (unpaired) electrons. The number of furan rings is 1. The molecule has 0 unspecified atom stereocenters. The van der Waals surface area contributed by atoms with Gasteiger partial charge in [0.05, 0.1) is 11.3 Å². The first-order valence-electron chi connectivity index (χ1n) is 8.00. The number of hydrogen-bond acceptors (Lipinski definition) is 3. The summed E-state index contributed by atoms with van der Waals surface area (Å²) >= 11 is 0. The fraction of sp³-hybridized carbons (Fsp3) is 0.368. The third kappa shape index (κ3) is 3.07. The van der Waals surface area contributed by atoms with Crippen LogP contribution in [0.4, 0.5) is 0 Å². The van der Waals surface area contributed by atoms with Crippen molar-refractivity contribution in [1.82, 2.24) is 5.43 Å². The van der Waals surface area contributed by atoms with E-state index in [1.807, 2.05) is 6.92 Å². The van der Waals surface area contributed by atoms with Crippen molar-refractivity contribution < 1.29 is 9.21 Å². The van der Waals surface area contributed by atoms with Gasteiger partial charge < -0.3 is 4.42 Å². The van der Waals surface area contributed by atoms with Crippen molar-refractivity contribution in [3.63, 3.8) is 0 Å². The smallest absolute Gasteiger partial charge is 0.274 e. The van der Waals surface area contributed by atoms with Crippen LogP contribution in [0.5, 0.6) is 0 Å². The van der Waals surface area contributed by atoms with Crippen LogP contribution >= 0.6 is 0 Å². The zero-order valence-electron chi connectivity index (χ0n) is 14.1. The van der Waals surface area contributed by atoms with Gasteiger partial charge in [-0.2, -0.15) is 5.10 Å². The summed E-state index contributed by atoms with van der Waals surface area (Å²) in [5.74, 6) is 1.13.